The number of aryl methyl sites for hydroxylation is 1. The molecule has 1 aromatic rings. The largest absolute Gasteiger partial charge is 0.450 e. The summed E-state index contributed by atoms with van der Waals surface area (Å²) in [5, 5.41) is 0. The molecule has 21 heavy (non-hydrogen) atoms. The van der Waals surface area contributed by atoms with Crippen molar-refractivity contribution >= 4 is 18.1 Å². The maximum atomic E-state index is 11.2. The first-order valence-electron chi connectivity index (χ1n) is 7.74. The fourth-order valence-corrected chi connectivity index (χ4v) is 2.30. The van der Waals surface area contributed by atoms with Gasteiger partial charge in [0.05, 0.1) is 12.3 Å². The van der Waals surface area contributed by atoms with Crippen molar-refractivity contribution in [3.05, 3.63) is 29.3 Å². The normalized spacial score (nSPS) is 16.7. The molecule has 1 unspecified atom stereocenters. The van der Waals surface area contributed by atoms with E-state index in [9.17, 15) is 4.79 Å². The van der Waals surface area contributed by atoms with Gasteiger partial charge in [0.1, 0.15) is 0 Å². The molecule has 0 amide bonds. The van der Waals surface area contributed by atoms with Crippen LogP contribution in [0.1, 0.15) is 56.8 Å². The molecule has 4 nitrogen and oxygen atoms in total. The van der Waals surface area contributed by atoms with Crippen LogP contribution in [0, 0.1) is 0 Å². The van der Waals surface area contributed by atoms with Crippen LogP contribution in [-0.2, 0) is 20.7 Å². The van der Waals surface area contributed by atoms with Crippen LogP contribution in [0.4, 0.5) is 5.69 Å². The number of nitrogens with zero attached hydrogens (tertiary/aromatic N) is 1. The minimum Gasteiger partial charge on any atom is -0.450 e. The molecule has 0 bridgehead atoms. The third-order valence-electron chi connectivity index (χ3n) is 3.60. The van der Waals surface area contributed by atoms with Crippen molar-refractivity contribution in [3.8, 4) is 0 Å². The minimum atomic E-state index is -0.617. The van der Waals surface area contributed by atoms with Gasteiger partial charge in [-0.3, -0.25) is 4.79 Å². The van der Waals surface area contributed by atoms with E-state index in [1.165, 1.54) is 18.4 Å². The lowest BCUT2D eigenvalue weighted by Gasteiger charge is -2.22. The predicted octanol–water partition coefficient (Wildman–Crippen LogP) is 4.10. The van der Waals surface area contributed by atoms with Gasteiger partial charge < -0.3 is 9.47 Å². The Kier molecular flexibility index (Phi) is 5.78. The van der Waals surface area contributed by atoms with Gasteiger partial charge in [-0.05, 0) is 24.5 Å². The molecule has 1 heterocycles. The molecule has 114 valence electrons. The van der Waals surface area contributed by atoms with E-state index in [4.69, 9.17) is 9.47 Å². The second-order valence-corrected chi connectivity index (χ2v) is 5.21. The molecule has 4 heteroatoms. The van der Waals surface area contributed by atoms with Gasteiger partial charge in [-0.15, -0.1) is 0 Å². The van der Waals surface area contributed by atoms with Gasteiger partial charge in [0.25, 0.3) is 0 Å². The number of fused-ring (bicyclic) bond motifs is 1. The highest BCUT2D eigenvalue weighted by Crippen LogP contribution is 2.33. The van der Waals surface area contributed by atoms with E-state index in [2.05, 4.69) is 18.8 Å². The van der Waals surface area contributed by atoms with Gasteiger partial charge in [0.2, 0.25) is 0 Å². The molecule has 1 aromatic carbocycles. The number of aliphatic imine (C=N–C) groups is 1. The Hall–Kier alpha value is -1.84. The van der Waals surface area contributed by atoms with Gasteiger partial charge in [-0.2, -0.15) is 4.99 Å². The first kappa shape index (κ1) is 15.5. The van der Waals surface area contributed by atoms with Crippen molar-refractivity contribution in [3.63, 3.8) is 0 Å². The number of aldehydes is 1. The highest BCUT2D eigenvalue weighted by Gasteiger charge is 2.24. The monoisotopic (exact) mass is 289 g/mol. The highest BCUT2D eigenvalue weighted by molar-refractivity contribution is 5.80. The molecule has 0 saturated heterocycles. The van der Waals surface area contributed by atoms with Crippen molar-refractivity contribution in [2.75, 3.05) is 6.61 Å². The Balaban J connectivity index is 2.05. The first-order valence-corrected chi connectivity index (χ1v) is 7.74. The van der Waals surface area contributed by atoms with Crippen LogP contribution in [-0.4, -0.2) is 19.0 Å². The van der Waals surface area contributed by atoms with Crippen molar-refractivity contribution in [1.29, 1.82) is 0 Å². The number of benzene rings is 1. The van der Waals surface area contributed by atoms with E-state index in [1.54, 1.807) is 0 Å². The third-order valence-corrected chi connectivity index (χ3v) is 3.60. The number of hydrogen-bond donors (Lipinski definition) is 0. The maximum Gasteiger partial charge on any atom is 0.389 e. The summed E-state index contributed by atoms with van der Waals surface area (Å²) in [6, 6.07) is 5.91. The number of carbonyl (C=O) groups is 1. The molecule has 0 radical (unpaired) electrons. The lowest BCUT2D eigenvalue weighted by atomic mass is 10.0. The molecular formula is C17H23NO3. The van der Waals surface area contributed by atoms with Crippen LogP contribution in [0.15, 0.2) is 23.2 Å². The SMILES string of the molecule is CCCCCCOC1=Nc2cc(CC)ccc2C(C=O)O1. The summed E-state index contributed by atoms with van der Waals surface area (Å²) >= 11 is 0. The molecule has 0 fully saturated rings. The zero-order valence-corrected chi connectivity index (χ0v) is 12.8. The van der Waals surface area contributed by atoms with Gasteiger partial charge >= 0.3 is 6.08 Å². The van der Waals surface area contributed by atoms with E-state index in [1.807, 2.05) is 18.2 Å². The Morgan fingerprint density at radius 1 is 1.29 bits per heavy atom. The molecule has 1 atom stereocenters. The summed E-state index contributed by atoms with van der Waals surface area (Å²) in [5.74, 6) is 0. The van der Waals surface area contributed by atoms with Gasteiger partial charge in [0, 0.05) is 5.56 Å². The molecule has 1 aliphatic heterocycles. The van der Waals surface area contributed by atoms with E-state index < -0.39 is 6.10 Å². The highest BCUT2D eigenvalue weighted by atomic mass is 16.7. The predicted molar refractivity (Wildman–Crippen MR) is 82.9 cm³/mol. The Labute approximate surface area is 126 Å². The Bertz CT molecular complexity index is 511. The maximum absolute atomic E-state index is 11.2. The summed E-state index contributed by atoms with van der Waals surface area (Å²) in [6.07, 6.45) is 5.83. The zero-order valence-electron chi connectivity index (χ0n) is 12.8. The van der Waals surface area contributed by atoms with Crippen LogP contribution in [0.3, 0.4) is 0 Å². The summed E-state index contributed by atoms with van der Waals surface area (Å²) in [5.41, 5.74) is 2.77. The van der Waals surface area contributed by atoms with E-state index in [0.29, 0.717) is 6.61 Å². The second kappa shape index (κ2) is 7.81. The smallest absolute Gasteiger partial charge is 0.389 e. The minimum absolute atomic E-state index is 0.212. The third kappa shape index (κ3) is 4.06. The van der Waals surface area contributed by atoms with E-state index in [0.717, 1.165) is 36.8 Å². The number of carbonyl (C=O) groups excluding carboxylic acids is 1. The standard InChI is InChI=1S/C17H23NO3/c1-3-5-6-7-10-20-17-18-15-11-13(4-2)8-9-14(15)16(12-19)21-17/h8-9,11-12,16H,3-7,10H2,1-2H3. The van der Waals surface area contributed by atoms with Crippen LogP contribution in [0.5, 0.6) is 0 Å². The topological polar surface area (TPSA) is 47.9 Å². The van der Waals surface area contributed by atoms with Gasteiger partial charge in [0.15, 0.2) is 12.4 Å². The zero-order chi connectivity index (χ0) is 15.1. The summed E-state index contributed by atoms with van der Waals surface area (Å²) in [4.78, 5) is 15.6. The van der Waals surface area contributed by atoms with Gasteiger partial charge in [-0.25, -0.2) is 0 Å². The lowest BCUT2D eigenvalue weighted by molar-refractivity contribution is -0.115. The first-order chi connectivity index (χ1) is 10.3. The van der Waals surface area contributed by atoms with Crippen molar-refractivity contribution in [1.82, 2.24) is 0 Å². The van der Waals surface area contributed by atoms with Crippen molar-refractivity contribution < 1.29 is 14.3 Å². The quantitative estimate of drug-likeness (QED) is 0.560. The van der Waals surface area contributed by atoms with Crippen molar-refractivity contribution in [2.45, 2.75) is 52.1 Å². The van der Waals surface area contributed by atoms with Crippen LogP contribution in [0.2, 0.25) is 0 Å². The fourth-order valence-electron chi connectivity index (χ4n) is 2.30. The molecule has 0 saturated carbocycles. The van der Waals surface area contributed by atoms with E-state index in [-0.39, 0.29) is 6.08 Å². The number of rotatable bonds is 7. The molecule has 0 N–H and O–H groups in total. The average Bonchev–Trinajstić information content (AvgIpc) is 2.53. The van der Waals surface area contributed by atoms with Crippen LogP contribution in [0.25, 0.3) is 0 Å². The Morgan fingerprint density at radius 2 is 2.14 bits per heavy atom. The number of ether oxygens (including phenoxy) is 2. The van der Waals surface area contributed by atoms with Crippen LogP contribution >= 0.6 is 0 Å². The average molecular weight is 289 g/mol. The van der Waals surface area contributed by atoms with Gasteiger partial charge in [-0.1, -0.05) is 45.2 Å². The van der Waals surface area contributed by atoms with E-state index >= 15 is 0 Å². The Morgan fingerprint density at radius 3 is 2.86 bits per heavy atom. The summed E-state index contributed by atoms with van der Waals surface area (Å²) < 4.78 is 11.1. The van der Waals surface area contributed by atoms with Crippen molar-refractivity contribution in [2.24, 2.45) is 4.99 Å². The molecule has 0 aliphatic carbocycles. The molecular weight excluding hydrogens is 266 g/mol. The number of hydrogen-bond acceptors (Lipinski definition) is 4. The number of unbranched alkanes of at least 4 members (excludes halogenated alkanes) is 3. The molecule has 2 rings (SSSR count). The molecule has 0 aromatic heterocycles. The summed E-state index contributed by atoms with van der Waals surface area (Å²) in [6.45, 7) is 4.84. The molecule has 1 aliphatic rings. The van der Waals surface area contributed by atoms with Crippen LogP contribution < -0.4 is 0 Å². The molecule has 0 spiro atoms. The lowest BCUT2D eigenvalue weighted by Crippen LogP contribution is -2.20. The fraction of sp³-hybridized carbons (Fsp3) is 0.529. The second-order valence-electron chi connectivity index (χ2n) is 5.21. The summed E-state index contributed by atoms with van der Waals surface area (Å²) in [7, 11) is 0.